The number of aryl methyl sites for hydroxylation is 1. The van der Waals surface area contributed by atoms with Gasteiger partial charge in [-0.1, -0.05) is 18.2 Å². The van der Waals surface area contributed by atoms with Gasteiger partial charge in [0.1, 0.15) is 5.82 Å². The highest BCUT2D eigenvalue weighted by atomic mass is 32.2. The van der Waals surface area contributed by atoms with Gasteiger partial charge in [-0.2, -0.15) is 0 Å². The molecule has 3 rings (SSSR count). The van der Waals surface area contributed by atoms with E-state index in [1.807, 2.05) is 0 Å². The van der Waals surface area contributed by atoms with Gasteiger partial charge in [0.05, 0.1) is 9.82 Å². The third-order valence-electron chi connectivity index (χ3n) is 3.65. The van der Waals surface area contributed by atoms with E-state index < -0.39 is 10.7 Å². The molecule has 6 heteroatoms. The zero-order valence-electron chi connectivity index (χ0n) is 12.2. The molecule has 0 N–H and O–H groups in total. The Morgan fingerprint density at radius 3 is 2.83 bits per heavy atom. The van der Waals surface area contributed by atoms with Gasteiger partial charge in [0.15, 0.2) is 5.78 Å². The number of nitro groups is 1. The Kier molecular flexibility index (Phi) is 4.00. The normalized spacial score (nSPS) is 15.6. The molecule has 0 bridgehead atoms. The zero-order chi connectivity index (χ0) is 16.6. The molecule has 0 aromatic heterocycles. The second kappa shape index (κ2) is 5.96. The standard InChI is InChI=1S/C17H12FNO3S/c1-10-5-6-11(8-15(10)19(21)22)7-12-9-23-17-13(16(12)20)3-2-4-14(17)18/h2-8H,9H2,1H3/b12-7-. The van der Waals surface area contributed by atoms with Crippen LogP contribution in [0.1, 0.15) is 21.5 Å². The van der Waals surface area contributed by atoms with Crippen LogP contribution >= 0.6 is 11.8 Å². The van der Waals surface area contributed by atoms with Crippen LogP contribution in [0, 0.1) is 22.9 Å². The van der Waals surface area contributed by atoms with Gasteiger partial charge in [-0.05, 0) is 30.7 Å². The number of halogens is 1. The Hall–Kier alpha value is -2.47. The minimum absolute atomic E-state index is 0.0155. The molecule has 0 spiro atoms. The van der Waals surface area contributed by atoms with E-state index in [-0.39, 0.29) is 11.5 Å². The highest BCUT2D eigenvalue weighted by Crippen LogP contribution is 2.35. The molecular formula is C17H12FNO3S. The summed E-state index contributed by atoms with van der Waals surface area (Å²) in [5, 5.41) is 11.0. The second-order valence-electron chi connectivity index (χ2n) is 5.21. The summed E-state index contributed by atoms with van der Waals surface area (Å²) < 4.78 is 13.7. The molecule has 0 amide bonds. The average molecular weight is 329 g/mol. The van der Waals surface area contributed by atoms with Crippen LogP contribution < -0.4 is 0 Å². The fraction of sp³-hybridized carbons (Fsp3) is 0.118. The van der Waals surface area contributed by atoms with Gasteiger partial charge >= 0.3 is 0 Å². The van der Waals surface area contributed by atoms with Crippen LogP contribution in [-0.4, -0.2) is 16.5 Å². The van der Waals surface area contributed by atoms with E-state index in [1.54, 1.807) is 31.2 Å². The molecule has 0 aliphatic carbocycles. The maximum atomic E-state index is 13.7. The fourth-order valence-electron chi connectivity index (χ4n) is 2.44. The number of fused-ring (bicyclic) bond motifs is 1. The minimum Gasteiger partial charge on any atom is -0.289 e. The van der Waals surface area contributed by atoms with Crippen LogP contribution in [0.5, 0.6) is 0 Å². The van der Waals surface area contributed by atoms with E-state index in [2.05, 4.69) is 0 Å². The maximum Gasteiger partial charge on any atom is 0.272 e. The molecule has 2 aromatic carbocycles. The molecule has 1 aliphatic heterocycles. The van der Waals surface area contributed by atoms with Crippen LogP contribution in [-0.2, 0) is 0 Å². The molecule has 0 atom stereocenters. The van der Waals surface area contributed by atoms with Gasteiger partial charge in [-0.15, -0.1) is 11.8 Å². The molecule has 1 aliphatic rings. The fourth-order valence-corrected chi connectivity index (χ4v) is 3.48. The van der Waals surface area contributed by atoms with Gasteiger partial charge in [-0.3, -0.25) is 14.9 Å². The summed E-state index contributed by atoms with van der Waals surface area (Å²) >= 11 is 1.26. The number of nitrogens with zero attached hydrogens (tertiary/aromatic N) is 1. The number of hydrogen-bond acceptors (Lipinski definition) is 4. The molecule has 23 heavy (non-hydrogen) atoms. The van der Waals surface area contributed by atoms with Gasteiger partial charge in [0, 0.05) is 28.5 Å². The van der Waals surface area contributed by atoms with Gasteiger partial charge < -0.3 is 0 Å². The lowest BCUT2D eigenvalue weighted by Gasteiger charge is -2.17. The van der Waals surface area contributed by atoms with Crippen molar-refractivity contribution in [3.05, 3.63) is 74.6 Å². The summed E-state index contributed by atoms with van der Waals surface area (Å²) in [5.41, 5.74) is 2.02. The van der Waals surface area contributed by atoms with Crippen molar-refractivity contribution in [2.45, 2.75) is 11.8 Å². The average Bonchev–Trinajstić information content (AvgIpc) is 2.52. The van der Waals surface area contributed by atoms with E-state index in [4.69, 9.17) is 0 Å². The molecule has 0 radical (unpaired) electrons. The molecule has 0 saturated carbocycles. The molecule has 0 fully saturated rings. The lowest BCUT2D eigenvalue weighted by atomic mass is 10.0. The molecule has 4 nitrogen and oxygen atoms in total. The van der Waals surface area contributed by atoms with Crippen LogP contribution in [0.25, 0.3) is 6.08 Å². The van der Waals surface area contributed by atoms with E-state index in [0.717, 1.165) is 0 Å². The first kappa shape index (κ1) is 15.4. The predicted molar refractivity (Wildman–Crippen MR) is 87.3 cm³/mol. The highest BCUT2D eigenvalue weighted by molar-refractivity contribution is 7.99. The number of Topliss-reactive ketones (excluding diaryl/α,β-unsaturated/α-hetero) is 1. The van der Waals surface area contributed by atoms with Crippen molar-refractivity contribution >= 4 is 29.3 Å². The van der Waals surface area contributed by atoms with Crippen molar-refractivity contribution in [2.24, 2.45) is 0 Å². The Morgan fingerprint density at radius 2 is 2.09 bits per heavy atom. The number of nitro benzene ring substituents is 1. The number of carbonyl (C=O) groups is 1. The summed E-state index contributed by atoms with van der Waals surface area (Å²) in [6, 6.07) is 9.26. The second-order valence-corrected chi connectivity index (χ2v) is 6.19. The third-order valence-corrected chi connectivity index (χ3v) is 4.80. The monoisotopic (exact) mass is 329 g/mol. The van der Waals surface area contributed by atoms with Crippen molar-refractivity contribution in [3.63, 3.8) is 0 Å². The molecule has 0 unspecified atom stereocenters. The summed E-state index contributed by atoms with van der Waals surface area (Å²) in [6.07, 6.45) is 1.63. The quantitative estimate of drug-likeness (QED) is 0.465. The van der Waals surface area contributed by atoms with Crippen molar-refractivity contribution in [2.75, 3.05) is 5.75 Å². The van der Waals surface area contributed by atoms with Crippen molar-refractivity contribution < 1.29 is 14.1 Å². The van der Waals surface area contributed by atoms with Crippen LogP contribution in [0.4, 0.5) is 10.1 Å². The first-order chi connectivity index (χ1) is 11.0. The summed E-state index contributed by atoms with van der Waals surface area (Å²) in [4.78, 5) is 23.4. The third kappa shape index (κ3) is 2.90. The van der Waals surface area contributed by atoms with E-state index in [1.165, 1.54) is 30.0 Å². The Balaban J connectivity index is 2.00. The van der Waals surface area contributed by atoms with Crippen LogP contribution in [0.2, 0.25) is 0 Å². The lowest BCUT2D eigenvalue weighted by molar-refractivity contribution is -0.385. The van der Waals surface area contributed by atoms with Gasteiger partial charge in [0.2, 0.25) is 0 Å². The number of benzene rings is 2. The van der Waals surface area contributed by atoms with E-state index in [0.29, 0.717) is 32.9 Å². The first-order valence-electron chi connectivity index (χ1n) is 6.89. The smallest absolute Gasteiger partial charge is 0.272 e. The molecule has 0 saturated heterocycles. The first-order valence-corrected chi connectivity index (χ1v) is 7.87. The zero-order valence-corrected chi connectivity index (χ0v) is 13.0. The predicted octanol–water partition coefficient (Wildman–Crippen LogP) is 4.41. The van der Waals surface area contributed by atoms with Crippen molar-refractivity contribution in [1.82, 2.24) is 0 Å². The topological polar surface area (TPSA) is 60.2 Å². The highest BCUT2D eigenvalue weighted by Gasteiger charge is 2.25. The number of thioether (sulfide) groups is 1. The van der Waals surface area contributed by atoms with Crippen molar-refractivity contribution in [1.29, 1.82) is 0 Å². The van der Waals surface area contributed by atoms with Crippen molar-refractivity contribution in [3.8, 4) is 0 Å². The summed E-state index contributed by atoms with van der Waals surface area (Å²) in [6.45, 7) is 1.66. The maximum absolute atomic E-state index is 13.7. The molecule has 2 aromatic rings. The number of carbonyl (C=O) groups excluding carboxylic acids is 1. The largest absolute Gasteiger partial charge is 0.289 e. The van der Waals surface area contributed by atoms with Crippen LogP contribution in [0.15, 0.2) is 46.9 Å². The lowest BCUT2D eigenvalue weighted by Crippen LogP contribution is -2.13. The Bertz CT molecular complexity index is 861. The number of hydrogen-bond donors (Lipinski definition) is 0. The van der Waals surface area contributed by atoms with Gasteiger partial charge in [0.25, 0.3) is 5.69 Å². The number of rotatable bonds is 2. The molecule has 116 valence electrons. The summed E-state index contributed by atoms with van der Waals surface area (Å²) in [7, 11) is 0. The minimum atomic E-state index is -0.445. The Morgan fingerprint density at radius 1 is 1.30 bits per heavy atom. The SMILES string of the molecule is Cc1ccc(/C=C2/CSc3c(F)cccc3C2=O)cc1[N+](=O)[O-]. The van der Waals surface area contributed by atoms with E-state index >= 15 is 0 Å². The molecular weight excluding hydrogens is 317 g/mol. The van der Waals surface area contributed by atoms with Gasteiger partial charge in [-0.25, -0.2) is 4.39 Å². The van der Waals surface area contributed by atoms with E-state index in [9.17, 15) is 19.3 Å². The summed E-state index contributed by atoms with van der Waals surface area (Å²) in [5.74, 6) is -0.290. The number of ketones is 1. The molecule has 1 heterocycles. The Labute approximate surface area is 136 Å². The van der Waals surface area contributed by atoms with Crippen LogP contribution in [0.3, 0.4) is 0 Å².